The number of amidine groups is 1. The van der Waals surface area contributed by atoms with Gasteiger partial charge in [-0.05, 0) is 6.42 Å². The maximum absolute atomic E-state index is 12.0. The van der Waals surface area contributed by atoms with Crippen molar-refractivity contribution in [1.82, 2.24) is 9.80 Å². The van der Waals surface area contributed by atoms with Crippen molar-refractivity contribution in [2.24, 2.45) is 11.7 Å². The molecule has 1 fully saturated rings. The van der Waals surface area contributed by atoms with Gasteiger partial charge in [-0.3, -0.25) is 10.2 Å². The topological polar surface area (TPSA) is 73.4 Å². The molecule has 5 nitrogen and oxygen atoms in total. The lowest BCUT2D eigenvalue weighted by molar-refractivity contribution is -0.131. The average molecular weight is 252 g/mol. The number of carbonyl (C=O) groups excluding carboxylic acids is 1. The predicted octanol–water partition coefficient (Wildman–Crippen LogP) is 1.36. The fraction of sp³-hybridized carbons (Fsp3) is 0.692. The summed E-state index contributed by atoms with van der Waals surface area (Å²) in [5.41, 5.74) is 6.06. The molecular formula is C13H24N4O. The van der Waals surface area contributed by atoms with Gasteiger partial charge in [-0.25, -0.2) is 0 Å². The highest BCUT2D eigenvalue weighted by Gasteiger charge is 2.30. The van der Waals surface area contributed by atoms with Crippen LogP contribution in [0.25, 0.3) is 0 Å². The van der Waals surface area contributed by atoms with Crippen LogP contribution in [0, 0.1) is 11.3 Å². The quantitative estimate of drug-likeness (QED) is 0.742. The fourth-order valence-corrected chi connectivity index (χ4v) is 2.22. The molecule has 0 aromatic carbocycles. The van der Waals surface area contributed by atoms with Crippen LogP contribution in [-0.2, 0) is 4.79 Å². The first-order chi connectivity index (χ1) is 8.52. The number of nitrogens with one attached hydrogen (secondary N) is 1. The van der Waals surface area contributed by atoms with E-state index < -0.39 is 0 Å². The van der Waals surface area contributed by atoms with E-state index in [4.69, 9.17) is 11.1 Å². The summed E-state index contributed by atoms with van der Waals surface area (Å²) >= 11 is 0. The second kappa shape index (κ2) is 6.42. The summed E-state index contributed by atoms with van der Waals surface area (Å²) in [6.45, 7) is 5.47. The third-order valence-corrected chi connectivity index (χ3v) is 3.36. The van der Waals surface area contributed by atoms with Gasteiger partial charge < -0.3 is 15.5 Å². The highest BCUT2D eigenvalue weighted by molar-refractivity contribution is 6.01. The molecule has 18 heavy (non-hydrogen) atoms. The summed E-state index contributed by atoms with van der Waals surface area (Å²) in [6.07, 6.45) is 4.69. The SMILES string of the molecule is CCCCCN1C[C@H](C)C(=O)N(C)/C(=C/N)C1=N. The standard InChI is InChI=1S/C13H24N4O/c1-4-5-6-7-17-9-10(2)13(18)16(3)11(8-14)12(17)15/h8,10,15H,4-7,9,14H2,1-3H3/b11-8+,15-12?/t10-/m0/s1. The van der Waals surface area contributed by atoms with Crippen molar-refractivity contribution in [1.29, 1.82) is 5.41 Å². The molecule has 1 heterocycles. The van der Waals surface area contributed by atoms with Crippen molar-refractivity contribution >= 4 is 11.7 Å². The van der Waals surface area contributed by atoms with Crippen LogP contribution in [-0.4, -0.2) is 41.7 Å². The van der Waals surface area contributed by atoms with E-state index in [0.717, 1.165) is 25.8 Å². The molecule has 0 aromatic rings. The first-order valence-electron chi connectivity index (χ1n) is 6.56. The Hall–Kier alpha value is -1.52. The summed E-state index contributed by atoms with van der Waals surface area (Å²) in [4.78, 5) is 15.5. The molecule has 0 saturated carbocycles. The zero-order valence-electron chi connectivity index (χ0n) is 11.6. The van der Waals surface area contributed by atoms with Gasteiger partial charge in [0, 0.05) is 26.3 Å². The number of carbonyl (C=O) groups is 1. The molecule has 1 atom stereocenters. The highest BCUT2D eigenvalue weighted by atomic mass is 16.2. The van der Waals surface area contributed by atoms with Crippen molar-refractivity contribution in [3.05, 3.63) is 11.9 Å². The Bertz CT molecular complexity index is 351. The van der Waals surface area contributed by atoms with Crippen LogP contribution in [0.3, 0.4) is 0 Å². The maximum Gasteiger partial charge on any atom is 0.231 e. The normalized spacial score (nSPS) is 23.7. The fourth-order valence-electron chi connectivity index (χ4n) is 2.22. The van der Waals surface area contributed by atoms with Gasteiger partial charge in [0.2, 0.25) is 5.91 Å². The minimum atomic E-state index is -0.102. The van der Waals surface area contributed by atoms with Gasteiger partial charge in [-0.15, -0.1) is 0 Å². The Balaban J connectivity index is 2.85. The van der Waals surface area contributed by atoms with Crippen LogP contribution in [0.15, 0.2) is 11.9 Å². The minimum Gasteiger partial charge on any atom is -0.403 e. The highest BCUT2D eigenvalue weighted by Crippen LogP contribution is 2.18. The molecule has 0 aromatic heterocycles. The van der Waals surface area contributed by atoms with Gasteiger partial charge >= 0.3 is 0 Å². The first kappa shape index (κ1) is 14.5. The number of hydrogen-bond donors (Lipinski definition) is 2. The lowest BCUT2D eigenvalue weighted by atomic mass is 10.1. The molecule has 1 amide bonds. The number of nitrogens with zero attached hydrogens (tertiary/aromatic N) is 2. The third kappa shape index (κ3) is 3.03. The Labute approximate surface area is 109 Å². The summed E-state index contributed by atoms with van der Waals surface area (Å²) in [6, 6.07) is 0. The van der Waals surface area contributed by atoms with Crippen LogP contribution in [0.4, 0.5) is 0 Å². The molecule has 1 aliphatic rings. The van der Waals surface area contributed by atoms with Crippen molar-refractivity contribution in [3.63, 3.8) is 0 Å². The van der Waals surface area contributed by atoms with Crippen LogP contribution < -0.4 is 5.73 Å². The van der Waals surface area contributed by atoms with Gasteiger partial charge in [0.15, 0.2) is 0 Å². The van der Waals surface area contributed by atoms with Crippen molar-refractivity contribution < 1.29 is 4.79 Å². The zero-order valence-corrected chi connectivity index (χ0v) is 11.6. The van der Waals surface area contributed by atoms with E-state index in [2.05, 4.69) is 6.92 Å². The molecule has 3 N–H and O–H groups in total. The van der Waals surface area contributed by atoms with Gasteiger partial charge in [-0.2, -0.15) is 0 Å². The molecule has 1 saturated heterocycles. The molecule has 102 valence electrons. The minimum absolute atomic E-state index is 0.0226. The van der Waals surface area contributed by atoms with Crippen molar-refractivity contribution in [2.75, 3.05) is 20.1 Å². The van der Waals surface area contributed by atoms with Crippen LogP contribution in [0.5, 0.6) is 0 Å². The summed E-state index contributed by atoms with van der Waals surface area (Å²) in [7, 11) is 1.68. The van der Waals surface area contributed by atoms with E-state index in [0.29, 0.717) is 18.1 Å². The Morgan fingerprint density at radius 1 is 1.50 bits per heavy atom. The number of likely N-dealkylation sites (N-methyl/N-ethyl adjacent to an activating group) is 1. The van der Waals surface area contributed by atoms with E-state index in [1.54, 1.807) is 7.05 Å². The van der Waals surface area contributed by atoms with Crippen LogP contribution >= 0.6 is 0 Å². The molecule has 0 unspecified atom stereocenters. The second-order valence-electron chi connectivity index (χ2n) is 4.85. The van der Waals surface area contributed by atoms with E-state index >= 15 is 0 Å². The number of nitrogens with two attached hydrogens (primary N) is 1. The smallest absolute Gasteiger partial charge is 0.231 e. The first-order valence-corrected chi connectivity index (χ1v) is 6.56. The van der Waals surface area contributed by atoms with E-state index in [-0.39, 0.29) is 11.8 Å². The number of hydrogen-bond acceptors (Lipinski definition) is 3. The van der Waals surface area contributed by atoms with Crippen molar-refractivity contribution in [3.8, 4) is 0 Å². The van der Waals surface area contributed by atoms with E-state index in [1.807, 2.05) is 11.8 Å². The lowest BCUT2D eigenvalue weighted by Gasteiger charge is -2.25. The lowest BCUT2D eigenvalue weighted by Crippen LogP contribution is -2.35. The summed E-state index contributed by atoms with van der Waals surface area (Å²) in [5, 5.41) is 8.17. The second-order valence-corrected chi connectivity index (χ2v) is 4.85. The number of amides is 1. The van der Waals surface area contributed by atoms with E-state index in [9.17, 15) is 4.79 Å². The largest absolute Gasteiger partial charge is 0.403 e. The predicted molar refractivity (Wildman–Crippen MR) is 73.0 cm³/mol. The Morgan fingerprint density at radius 2 is 2.17 bits per heavy atom. The molecule has 0 spiro atoms. The summed E-state index contributed by atoms with van der Waals surface area (Å²) < 4.78 is 0. The average Bonchev–Trinajstić information content (AvgIpc) is 2.42. The Morgan fingerprint density at radius 3 is 2.72 bits per heavy atom. The Kier molecular flexibility index (Phi) is 5.19. The number of unbranched alkanes of at least 4 members (excludes halogenated alkanes) is 2. The molecular weight excluding hydrogens is 228 g/mol. The van der Waals surface area contributed by atoms with E-state index in [1.165, 1.54) is 11.1 Å². The molecule has 1 rings (SSSR count). The van der Waals surface area contributed by atoms with Crippen LogP contribution in [0.1, 0.15) is 33.1 Å². The molecule has 5 heteroatoms. The summed E-state index contributed by atoms with van der Waals surface area (Å²) in [5.74, 6) is 0.276. The van der Waals surface area contributed by atoms with Gasteiger partial charge in [0.25, 0.3) is 0 Å². The number of rotatable bonds is 4. The maximum atomic E-state index is 12.0. The van der Waals surface area contributed by atoms with Gasteiger partial charge in [0.1, 0.15) is 11.5 Å². The van der Waals surface area contributed by atoms with Crippen molar-refractivity contribution in [2.45, 2.75) is 33.1 Å². The van der Waals surface area contributed by atoms with Gasteiger partial charge in [-0.1, -0.05) is 26.7 Å². The molecule has 0 aliphatic carbocycles. The zero-order chi connectivity index (χ0) is 13.7. The molecule has 1 aliphatic heterocycles. The van der Waals surface area contributed by atoms with Crippen LogP contribution in [0.2, 0.25) is 0 Å². The molecule has 0 radical (unpaired) electrons. The molecule has 0 bridgehead atoms. The monoisotopic (exact) mass is 252 g/mol. The third-order valence-electron chi connectivity index (χ3n) is 3.36. The van der Waals surface area contributed by atoms with Gasteiger partial charge in [0.05, 0.1) is 5.92 Å².